The number of rotatable bonds is 6. The van der Waals surface area contributed by atoms with Crippen LogP contribution in [0.2, 0.25) is 5.02 Å². The maximum atomic E-state index is 12.8. The molecule has 150 valence electrons. The van der Waals surface area contributed by atoms with E-state index in [4.69, 9.17) is 11.6 Å². The minimum atomic E-state index is -0.466. The predicted molar refractivity (Wildman–Crippen MR) is 113 cm³/mol. The summed E-state index contributed by atoms with van der Waals surface area (Å²) in [7, 11) is 0. The molecule has 3 amide bonds. The summed E-state index contributed by atoms with van der Waals surface area (Å²) in [5, 5.41) is 6.09. The van der Waals surface area contributed by atoms with Crippen molar-refractivity contribution in [2.24, 2.45) is 0 Å². The Balaban J connectivity index is 1.65. The maximum absolute atomic E-state index is 12.8. The summed E-state index contributed by atoms with van der Waals surface area (Å²) in [6.07, 6.45) is 3.03. The third-order valence-electron chi connectivity index (χ3n) is 4.73. The first-order chi connectivity index (χ1) is 14.0. The van der Waals surface area contributed by atoms with Gasteiger partial charge in [0.2, 0.25) is 5.91 Å². The highest BCUT2D eigenvalue weighted by Gasteiger charge is 2.34. The Hall–Kier alpha value is -3.12. The van der Waals surface area contributed by atoms with E-state index in [1.54, 1.807) is 59.5 Å². The largest absolute Gasteiger partial charge is 0.351 e. The van der Waals surface area contributed by atoms with Crippen LogP contribution in [0.1, 0.15) is 33.6 Å². The number of amides is 3. The monoisotopic (exact) mass is 411 g/mol. The van der Waals surface area contributed by atoms with Gasteiger partial charge in [0.25, 0.3) is 11.8 Å². The van der Waals surface area contributed by atoms with Crippen molar-refractivity contribution in [1.82, 2.24) is 10.2 Å². The Kier molecular flexibility index (Phi) is 6.67. The maximum Gasteiger partial charge on any atom is 0.255 e. The van der Waals surface area contributed by atoms with Gasteiger partial charge in [-0.3, -0.25) is 14.4 Å². The molecule has 7 heteroatoms. The second-order valence-corrected chi connectivity index (χ2v) is 7.17. The highest BCUT2D eigenvalue weighted by atomic mass is 35.5. The zero-order chi connectivity index (χ0) is 20.8. The van der Waals surface area contributed by atoms with Gasteiger partial charge >= 0.3 is 0 Å². The van der Waals surface area contributed by atoms with Crippen molar-refractivity contribution in [3.63, 3.8) is 0 Å². The molecule has 0 unspecified atom stereocenters. The molecule has 1 heterocycles. The Bertz CT molecular complexity index is 910. The molecule has 3 rings (SSSR count). The van der Waals surface area contributed by atoms with Gasteiger partial charge in [-0.25, -0.2) is 0 Å². The Labute approximate surface area is 174 Å². The molecular weight excluding hydrogens is 390 g/mol. The zero-order valence-corrected chi connectivity index (χ0v) is 16.6. The fraction of sp³-hybridized carbons (Fsp3) is 0.227. The lowest BCUT2D eigenvalue weighted by Crippen LogP contribution is -2.46. The number of nitrogens with one attached hydrogen (secondary N) is 2. The van der Waals surface area contributed by atoms with Gasteiger partial charge in [0.05, 0.1) is 0 Å². The molecule has 6 nitrogen and oxygen atoms in total. The molecule has 0 bridgehead atoms. The van der Waals surface area contributed by atoms with Crippen molar-refractivity contribution in [3.05, 3.63) is 77.3 Å². The van der Waals surface area contributed by atoms with E-state index < -0.39 is 6.04 Å². The first-order valence-electron chi connectivity index (χ1n) is 9.36. The minimum Gasteiger partial charge on any atom is -0.351 e. The van der Waals surface area contributed by atoms with Gasteiger partial charge < -0.3 is 15.5 Å². The van der Waals surface area contributed by atoms with Crippen LogP contribution in [0.4, 0.5) is 5.69 Å². The molecular formula is C22H22ClN3O3. The molecule has 1 fully saturated rings. The van der Waals surface area contributed by atoms with Gasteiger partial charge in [-0.2, -0.15) is 0 Å². The van der Waals surface area contributed by atoms with Crippen molar-refractivity contribution in [2.75, 3.05) is 18.4 Å². The molecule has 2 aromatic rings. The number of benzene rings is 2. The molecule has 2 N–H and O–H groups in total. The van der Waals surface area contributed by atoms with Crippen LogP contribution >= 0.6 is 11.6 Å². The average Bonchev–Trinajstić information content (AvgIpc) is 3.22. The number of carbonyl (C=O) groups is 3. The lowest BCUT2D eigenvalue weighted by atomic mass is 10.1. The second kappa shape index (κ2) is 9.39. The smallest absolute Gasteiger partial charge is 0.255 e. The average molecular weight is 412 g/mol. The number of carbonyl (C=O) groups excluding carboxylic acids is 3. The Morgan fingerprint density at radius 1 is 1.07 bits per heavy atom. The Morgan fingerprint density at radius 2 is 1.72 bits per heavy atom. The number of halogens is 1. The van der Waals surface area contributed by atoms with E-state index in [2.05, 4.69) is 17.2 Å². The lowest BCUT2D eigenvalue weighted by molar-refractivity contribution is -0.124. The molecule has 0 spiro atoms. The van der Waals surface area contributed by atoms with Gasteiger partial charge in [-0.1, -0.05) is 17.7 Å². The van der Waals surface area contributed by atoms with Crippen LogP contribution in [0, 0.1) is 0 Å². The topological polar surface area (TPSA) is 78.5 Å². The normalized spacial score (nSPS) is 15.6. The molecule has 1 aliphatic heterocycles. The van der Waals surface area contributed by atoms with Gasteiger partial charge in [0.1, 0.15) is 6.04 Å². The first kappa shape index (κ1) is 20.6. The highest BCUT2D eigenvalue weighted by molar-refractivity contribution is 6.30. The van der Waals surface area contributed by atoms with E-state index in [9.17, 15) is 14.4 Å². The SMILES string of the molecule is C=CCNC(=O)[C@@H]1CCCN1C(=O)c1ccc(NC(=O)c2ccc(Cl)cc2)cc1. The molecule has 1 atom stereocenters. The molecule has 1 aliphatic rings. The van der Waals surface area contributed by atoms with Crippen LogP contribution in [0.15, 0.2) is 61.2 Å². The van der Waals surface area contributed by atoms with Gasteiger partial charge in [-0.15, -0.1) is 6.58 Å². The van der Waals surface area contributed by atoms with Crippen LogP contribution in [0.25, 0.3) is 0 Å². The summed E-state index contributed by atoms with van der Waals surface area (Å²) in [5.41, 5.74) is 1.53. The quantitative estimate of drug-likeness (QED) is 0.714. The number of nitrogens with zero attached hydrogens (tertiary/aromatic N) is 1. The van der Waals surface area contributed by atoms with Crippen LogP contribution in [-0.4, -0.2) is 41.8 Å². The summed E-state index contributed by atoms with van der Waals surface area (Å²) >= 11 is 5.84. The standard InChI is InChI=1S/C22H22ClN3O3/c1-2-13-24-21(28)19-4-3-14-26(19)22(29)16-7-11-18(12-8-16)25-20(27)15-5-9-17(23)10-6-15/h2,5-12,19H,1,3-4,13-14H2,(H,24,28)(H,25,27)/t19-/m0/s1. The van der Waals surface area contributed by atoms with E-state index in [1.807, 2.05) is 0 Å². The second-order valence-electron chi connectivity index (χ2n) is 6.73. The van der Waals surface area contributed by atoms with Crippen molar-refractivity contribution < 1.29 is 14.4 Å². The van der Waals surface area contributed by atoms with E-state index in [0.29, 0.717) is 41.3 Å². The third-order valence-corrected chi connectivity index (χ3v) is 4.99. The Morgan fingerprint density at radius 3 is 2.38 bits per heavy atom. The molecule has 0 aliphatic carbocycles. The van der Waals surface area contributed by atoms with Gasteiger partial charge in [0, 0.05) is 34.9 Å². The van der Waals surface area contributed by atoms with E-state index in [1.165, 1.54) is 0 Å². The van der Waals surface area contributed by atoms with E-state index in [-0.39, 0.29) is 17.7 Å². The fourth-order valence-corrected chi connectivity index (χ4v) is 3.37. The fourth-order valence-electron chi connectivity index (χ4n) is 3.24. The van der Waals surface area contributed by atoms with Crippen molar-refractivity contribution in [2.45, 2.75) is 18.9 Å². The van der Waals surface area contributed by atoms with Crippen molar-refractivity contribution in [3.8, 4) is 0 Å². The third kappa shape index (κ3) is 5.03. The van der Waals surface area contributed by atoms with E-state index in [0.717, 1.165) is 6.42 Å². The van der Waals surface area contributed by atoms with Gasteiger partial charge in [0.15, 0.2) is 0 Å². The molecule has 0 radical (unpaired) electrons. The summed E-state index contributed by atoms with van der Waals surface area (Å²) in [5.74, 6) is -0.626. The van der Waals surface area contributed by atoms with Crippen LogP contribution in [0.3, 0.4) is 0 Å². The van der Waals surface area contributed by atoms with Crippen LogP contribution in [0.5, 0.6) is 0 Å². The number of anilines is 1. The molecule has 0 aromatic heterocycles. The first-order valence-corrected chi connectivity index (χ1v) is 9.74. The number of hydrogen-bond donors (Lipinski definition) is 2. The minimum absolute atomic E-state index is 0.164. The number of hydrogen-bond acceptors (Lipinski definition) is 3. The molecule has 2 aromatic carbocycles. The van der Waals surface area contributed by atoms with Crippen LogP contribution in [-0.2, 0) is 4.79 Å². The van der Waals surface area contributed by atoms with E-state index >= 15 is 0 Å². The van der Waals surface area contributed by atoms with Gasteiger partial charge in [-0.05, 0) is 61.4 Å². The molecule has 1 saturated heterocycles. The van der Waals surface area contributed by atoms with Crippen LogP contribution < -0.4 is 10.6 Å². The van der Waals surface area contributed by atoms with Crippen molar-refractivity contribution >= 4 is 35.0 Å². The lowest BCUT2D eigenvalue weighted by Gasteiger charge is -2.24. The van der Waals surface area contributed by atoms with Crippen molar-refractivity contribution in [1.29, 1.82) is 0 Å². The molecule has 29 heavy (non-hydrogen) atoms. The molecule has 0 saturated carbocycles. The summed E-state index contributed by atoms with van der Waals surface area (Å²) < 4.78 is 0. The zero-order valence-electron chi connectivity index (χ0n) is 15.9. The summed E-state index contributed by atoms with van der Waals surface area (Å²) in [6, 6.07) is 12.8. The predicted octanol–water partition coefficient (Wildman–Crippen LogP) is 3.50. The number of likely N-dealkylation sites (tertiary alicyclic amines) is 1. The highest BCUT2D eigenvalue weighted by Crippen LogP contribution is 2.21. The summed E-state index contributed by atoms with van der Waals surface area (Å²) in [6.45, 7) is 4.50. The summed E-state index contributed by atoms with van der Waals surface area (Å²) in [4.78, 5) is 39.0.